The molecule has 0 aliphatic carbocycles. The molecule has 1 unspecified atom stereocenters. The highest BCUT2D eigenvalue weighted by molar-refractivity contribution is 5.95. The fourth-order valence-corrected chi connectivity index (χ4v) is 3.48. The number of carboxylic acid groups (broad SMARTS) is 1. The Morgan fingerprint density at radius 2 is 1.79 bits per heavy atom. The Morgan fingerprint density at radius 1 is 1.14 bits per heavy atom. The number of hydrogen-bond acceptors (Lipinski definition) is 4. The van der Waals surface area contributed by atoms with Crippen LogP contribution in [0.15, 0.2) is 29.8 Å². The highest BCUT2D eigenvalue weighted by atomic mass is 16.6. The highest BCUT2D eigenvalue weighted by Crippen LogP contribution is 2.27. The number of fused-ring (bicyclic) bond motifs is 1. The minimum Gasteiger partial charge on any atom is -0.478 e. The molecule has 3 rings (SSSR count). The zero-order chi connectivity index (χ0) is 21.3. The molecule has 0 radical (unpaired) electrons. The summed E-state index contributed by atoms with van der Waals surface area (Å²) >= 11 is 0. The van der Waals surface area contributed by atoms with Gasteiger partial charge in [-0.25, -0.2) is 14.4 Å². The largest absolute Gasteiger partial charge is 0.478 e. The van der Waals surface area contributed by atoms with Crippen LogP contribution in [0.4, 0.5) is 15.3 Å². The van der Waals surface area contributed by atoms with Crippen LogP contribution in [0.25, 0.3) is 6.08 Å². The van der Waals surface area contributed by atoms with Crippen molar-refractivity contribution in [3.63, 3.8) is 0 Å². The summed E-state index contributed by atoms with van der Waals surface area (Å²) in [6.07, 6.45) is 1.23. The van der Waals surface area contributed by atoms with E-state index in [4.69, 9.17) is 9.84 Å². The van der Waals surface area contributed by atoms with Gasteiger partial charge in [-0.05, 0) is 51.5 Å². The number of benzene rings is 1. The molecule has 3 amide bonds. The summed E-state index contributed by atoms with van der Waals surface area (Å²) in [5, 5.41) is 8.98. The van der Waals surface area contributed by atoms with Crippen LogP contribution in [-0.4, -0.2) is 70.8 Å². The predicted octanol–water partition coefficient (Wildman–Crippen LogP) is 3.04. The lowest BCUT2D eigenvalue weighted by Gasteiger charge is -2.36. The summed E-state index contributed by atoms with van der Waals surface area (Å²) < 4.78 is 5.45. The van der Waals surface area contributed by atoms with E-state index in [0.717, 1.165) is 11.3 Å². The van der Waals surface area contributed by atoms with Gasteiger partial charge in [-0.2, -0.15) is 0 Å². The maximum Gasteiger partial charge on any atom is 0.410 e. The van der Waals surface area contributed by atoms with E-state index in [2.05, 4.69) is 0 Å². The van der Waals surface area contributed by atoms with E-state index in [1.807, 2.05) is 32.9 Å². The fourth-order valence-electron chi connectivity index (χ4n) is 3.48. The van der Waals surface area contributed by atoms with Crippen LogP contribution in [0.3, 0.4) is 0 Å². The first-order valence-corrected chi connectivity index (χ1v) is 9.63. The van der Waals surface area contributed by atoms with Crippen molar-refractivity contribution in [1.29, 1.82) is 0 Å². The number of carboxylic acids is 1. The number of carbonyl (C=O) groups excluding carboxylic acids is 2. The molecule has 2 saturated heterocycles. The van der Waals surface area contributed by atoms with E-state index < -0.39 is 11.6 Å². The standard InChI is InChI=1S/C21H27N3O5/c1-14(18(25)26)11-15-5-7-16(8-6-15)24-13-17-12-22(9-10-23(17)19(24)27)20(28)29-21(2,3)4/h5-8,11,17H,9-10,12-13H2,1-4H3,(H,25,26)/b14-11+. The van der Waals surface area contributed by atoms with Crippen LogP contribution in [0.5, 0.6) is 0 Å². The molecule has 156 valence electrons. The van der Waals surface area contributed by atoms with E-state index in [1.54, 1.807) is 32.9 Å². The third-order valence-corrected chi connectivity index (χ3v) is 4.93. The number of anilines is 1. The molecule has 2 aliphatic heterocycles. The SMILES string of the molecule is C/C(=C\c1ccc(N2CC3CN(C(=O)OC(C)(C)C)CCN3C2=O)cc1)C(=O)O. The third kappa shape index (κ3) is 4.70. The van der Waals surface area contributed by atoms with Gasteiger partial charge in [0.2, 0.25) is 0 Å². The number of hydrogen-bond donors (Lipinski definition) is 1. The molecule has 1 aromatic rings. The molecule has 8 nitrogen and oxygen atoms in total. The second-order valence-corrected chi connectivity index (χ2v) is 8.39. The second-order valence-electron chi connectivity index (χ2n) is 8.39. The maximum absolute atomic E-state index is 12.8. The molecule has 1 atom stereocenters. The average Bonchev–Trinajstić information content (AvgIpc) is 2.97. The van der Waals surface area contributed by atoms with E-state index in [-0.39, 0.29) is 23.7 Å². The van der Waals surface area contributed by atoms with Gasteiger partial charge in [-0.3, -0.25) is 4.90 Å². The molecule has 0 aromatic heterocycles. The zero-order valence-corrected chi connectivity index (χ0v) is 17.2. The van der Waals surface area contributed by atoms with Gasteiger partial charge in [0.1, 0.15) is 5.60 Å². The Morgan fingerprint density at radius 3 is 2.38 bits per heavy atom. The Bertz CT molecular complexity index is 841. The van der Waals surface area contributed by atoms with Gasteiger partial charge in [0.05, 0.1) is 6.04 Å². The van der Waals surface area contributed by atoms with Crippen molar-refractivity contribution >= 4 is 29.9 Å². The average molecular weight is 401 g/mol. The number of aliphatic carboxylic acids is 1. The van der Waals surface area contributed by atoms with Crippen molar-refractivity contribution in [2.75, 3.05) is 31.1 Å². The molecule has 8 heteroatoms. The number of nitrogens with zero attached hydrogens (tertiary/aromatic N) is 3. The van der Waals surface area contributed by atoms with Gasteiger partial charge in [0, 0.05) is 37.4 Å². The minimum atomic E-state index is -0.963. The molecule has 2 aliphatic rings. The number of rotatable bonds is 3. The van der Waals surface area contributed by atoms with Gasteiger partial charge < -0.3 is 19.6 Å². The van der Waals surface area contributed by atoms with Crippen molar-refractivity contribution in [1.82, 2.24) is 9.80 Å². The van der Waals surface area contributed by atoms with Gasteiger partial charge in [-0.15, -0.1) is 0 Å². The molecular formula is C21H27N3O5. The molecule has 2 fully saturated rings. The summed E-state index contributed by atoms with van der Waals surface area (Å²) in [4.78, 5) is 41.3. The van der Waals surface area contributed by atoms with Crippen LogP contribution in [-0.2, 0) is 9.53 Å². The van der Waals surface area contributed by atoms with Gasteiger partial charge in [0.15, 0.2) is 0 Å². The molecule has 0 spiro atoms. The lowest BCUT2D eigenvalue weighted by molar-refractivity contribution is -0.132. The Hall–Kier alpha value is -3.03. The van der Waals surface area contributed by atoms with Crippen molar-refractivity contribution in [3.8, 4) is 0 Å². The van der Waals surface area contributed by atoms with Crippen LogP contribution in [0.1, 0.15) is 33.3 Å². The Kier molecular flexibility index (Phi) is 5.55. The topological polar surface area (TPSA) is 90.4 Å². The van der Waals surface area contributed by atoms with Crippen molar-refractivity contribution in [2.45, 2.75) is 39.3 Å². The van der Waals surface area contributed by atoms with E-state index in [9.17, 15) is 14.4 Å². The zero-order valence-electron chi connectivity index (χ0n) is 17.2. The summed E-state index contributed by atoms with van der Waals surface area (Å²) in [5.41, 5.74) is 1.20. The first-order valence-electron chi connectivity index (χ1n) is 9.63. The van der Waals surface area contributed by atoms with Crippen LogP contribution < -0.4 is 4.90 Å². The summed E-state index contributed by atoms with van der Waals surface area (Å²) in [5.74, 6) is -0.963. The first kappa shape index (κ1) is 20.7. The summed E-state index contributed by atoms with van der Waals surface area (Å²) in [6, 6.07) is 7.03. The van der Waals surface area contributed by atoms with E-state index in [0.29, 0.717) is 26.2 Å². The molecule has 29 heavy (non-hydrogen) atoms. The van der Waals surface area contributed by atoms with Crippen LogP contribution in [0.2, 0.25) is 0 Å². The van der Waals surface area contributed by atoms with Crippen LogP contribution >= 0.6 is 0 Å². The molecule has 2 heterocycles. The summed E-state index contributed by atoms with van der Waals surface area (Å²) in [6.45, 7) is 8.88. The quantitative estimate of drug-likeness (QED) is 0.786. The number of piperazine rings is 1. The van der Waals surface area contributed by atoms with Gasteiger partial charge in [0.25, 0.3) is 0 Å². The number of carbonyl (C=O) groups is 3. The maximum atomic E-state index is 12.8. The summed E-state index contributed by atoms with van der Waals surface area (Å²) in [7, 11) is 0. The van der Waals surface area contributed by atoms with Crippen molar-refractivity contribution in [2.24, 2.45) is 0 Å². The van der Waals surface area contributed by atoms with Gasteiger partial charge >= 0.3 is 18.1 Å². The monoisotopic (exact) mass is 401 g/mol. The smallest absolute Gasteiger partial charge is 0.410 e. The molecule has 1 aromatic carbocycles. The predicted molar refractivity (Wildman–Crippen MR) is 109 cm³/mol. The number of ether oxygens (including phenoxy) is 1. The first-order chi connectivity index (χ1) is 13.5. The minimum absolute atomic E-state index is 0.0798. The van der Waals surface area contributed by atoms with Crippen molar-refractivity contribution in [3.05, 3.63) is 35.4 Å². The lowest BCUT2D eigenvalue weighted by Crippen LogP contribution is -2.54. The molecule has 1 N–H and O–H groups in total. The van der Waals surface area contributed by atoms with Gasteiger partial charge in [-0.1, -0.05) is 12.1 Å². The highest BCUT2D eigenvalue weighted by Gasteiger charge is 2.42. The molecule has 0 bridgehead atoms. The normalized spacial score (nSPS) is 20.0. The number of amides is 3. The van der Waals surface area contributed by atoms with Crippen LogP contribution in [0, 0.1) is 0 Å². The second kappa shape index (κ2) is 7.77. The third-order valence-electron chi connectivity index (χ3n) is 4.93. The van der Waals surface area contributed by atoms with Crippen molar-refractivity contribution < 1.29 is 24.2 Å². The Labute approximate surface area is 170 Å². The lowest BCUT2D eigenvalue weighted by atomic mass is 10.1. The van der Waals surface area contributed by atoms with E-state index in [1.165, 1.54) is 6.92 Å². The molecular weight excluding hydrogens is 374 g/mol. The Balaban J connectivity index is 1.68. The van der Waals surface area contributed by atoms with E-state index >= 15 is 0 Å². The number of urea groups is 1. The fraction of sp³-hybridized carbons (Fsp3) is 0.476. The molecule has 0 saturated carbocycles.